The summed E-state index contributed by atoms with van der Waals surface area (Å²) in [5, 5.41) is 8.72. The standard InChI is InChI=1S/C23H26N4O3/c28-21-15-27(20-13-7-6-12-18(20)25-21)23(30)26-19(14-16-8-2-1-3-9-16)22(29)24-17-10-4-5-11-17/h1-3,6-9,12-13,17,19H,4-5,10-11,14-15H2,(H,24,29)(H,25,28)(H,26,30)/t19-/m0/s1. The average molecular weight is 406 g/mol. The number of anilines is 2. The Morgan fingerprint density at radius 1 is 1.03 bits per heavy atom. The van der Waals surface area contributed by atoms with Crippen LogP contribution in [0.25, 0.3) is 0 Å². The molecule has 1 aliphatic heterocycles. The topological polar surface area (TPSA) is 90.5 Å². The SMILES string of the molecule is O=C1CN(C(=O)N[C@@H](Cc2ccccc2)C(=O)NC2CCCC2)c2ccccc2N1. The lowest BCUT2D eigenvalue weighted by Crippen LogP contribution is -2.55. The van der Waals surface area contributed by atoms with Crippen molar-refractivity contribution in [1.82, 2.24) is 10.6 Å². The third-order valence-corrected chi connectivity index (χ3v) is 5.61. The van der Waals surface area contributed by atoms with E-state index in [1.165, 1.54) is 4.90 Å². The van der Waals surface area contributed by atoms with Crippen molar-refractivity contribution in [2.75, 3.05) is 16.8 Å². The van der Waals surface area contributed by atoms with Crippen molar-refractivity contribution < 1.29 is 14.4 Å². The van der Waals surface area contributed by atoms with Crippen LogP contribution in [0.4, 0.5) is 16.2 Å². The summed E-state index contributed by atoms with van der Waals surface area (Å²) in [6.45, 7) is -0.0921. The number of hydrogen-bond acceptors (Lipinski definition) is 3. The molecule has 4 rings (SSSR count). The molecule has 2 aliphatic rings. The minimum absolute atomic E-state index is 0.0921. The number of hydrogen-bond donors (Lipinski definition) is 3. The molecular formula is C23H26N4O3. The van der Waals surface area contributed by atoms with Crippen LogP contribution in [0.15, 0.2) is 54.6 Å². The third kappa shape index (κ3) is 4.62. The van der Waals surface area contributed by atoms with Crippen molar-refractivity contribution in [3.63, 3.8) is 0 Å². The van der Waals surface area contributed by atoms with Crippen LogP contribution in [0.3, 0.4) is 0 Å². The zero-order valence-electron chi connectivity index (χ0n) is 16.8. The van der Waals surface area contributed by atoms with Gasteiger partial charge in [0.15, 0.2) is 0 Å². The number of para-hydroxylation sites is 2. The van der Waals surface area contributed by atoms with Crippen LogP contribution in [0, 0.1) is 0 Å². The first-order chi connectivity index (χ1) is 14.6. The third-order valence-electron chi connectivity index (χ3n) is 5.61. The van der Waals surface area contributed by atoms with Crippen molar-refractivity contribution >= 4 is 29.2 Å². The largest absolute Gasteiger partial charge is 0.352 e. The fourth-order valence-electron chi connectivity index (χ4n) is 4.07. The van der Waals surface area contributed by atoms with Gasteiger partial charge in [-0.25, -0.2) is 4.79 Å². The molecule has 7 nitrogen and oxygen atoms in total. The molecule has 1 saturated carbocycles. The molecule has 1 fully saturated rings. The molecule has 2 aromatic rings. The van der Waals surface area contributed by atoms with Gasteiger partial charge in [0.25, 0.3) is 0 Å². The summed E-state index contributed by atoms with van der Waals surface area (Å²) < 4.78 is 0. The first kappa shape index (κ1) is 19.9. The fraction of sp³-hybridized carbons (Fsp3) is 0.348. The Labute approximate surface area is 175 Å². The highest BCUT2D eigenvalue weighted by Gasteiger charge is 2.31. The molecule has 1 aliphatic carbocycles. The lowest BCUT2D eigenvalue weighted by atomic mass is 10.0. The van der Waals surface area contributed by atoms with Crippen LogP contribution >= 0.6 is 0 Å². The van der Waals surface area contributed by atoms with Gasteiger partial charge in [-0.05, 0) is 30.5 Å². The van der Waals surface area contributed by atoms with Crippen molar-refractivity contribution in [3.05, 3.63) is 60.2 Å². The van der Waals surface area contributed by atoms with Gasteiger partial charge >= 0.3 is 6.03 Å². The Bertz CT molecular complexity index is 925. The first-order valence-corrected chi connectivity index (χ1v) is 10.4. The monoisotopic (exact) mass is 406 g/mol. The van der Waals surface area contributed by atoms with Crippen LogP contribution in [0.2, 0.25) is 0 Å². The van der Waals surface area contributed by atoms with Gasteiger partial charge in [-0.3, -0.25) is 14.5 Å². The second-order valence-electron chi connectivity index (χ2n) is 7.83. The normalized spacial score (nSPS) is 17.1. The molecule has 2 aromatic carbocycles. The molecule has 0 aromatic heterocycles. The summed E-state index contributed by atoms with van der Waals surface area (Å²) in [5.74, 6) is -0.451. The van der Waals surface area contributed by atoms with Gasteiger partial charge in [-0.15, -0.1) is 0 Å². The Morgan fingerprint density at radius 2 is 1.73 bits per heavy atom. The highest BCUT2D eigenvalue weighted by molar-refractivity contribution is 6.10. The molecule has 0 spiro atoms. The smallest absolute Gasteiger partial charge is 0.323 e. The van der Waals surface area contributed by atoms with Crippen LogP contribution in [-0.4, -0.2) is 36.5 Å². The predicted octanol–water partition coefficient (Wildman–Crippen LogP) is 2.82. The Hall–Kier alpha value is -3.35. The minimum atomic E-state index is -0.724. The number of nitrogens with zero attached hydrogens (tertiary/aromatic N) is 1. The van der Waals surface area contributed by atoms with Crippen LogP contribution in [0.1, 0.15) is 31.2 Å². The number of urea groups is 1. The molecule has 0 radical (unpaired) electrons. The number of carbonyl (C=O) groups excluding carboxylic acids is 3. The highest BCUT2D eigenvalue weighted by Crippen LogP contribution is 2.29. The first-order valence-electron chi connectivity index (χ1n) is 10.4. The van der Waals surface area contributed by atoms with Crippen LogP contribution in [-0.2, 0) is 16.0 Å². The number of carbonyl (C=O) groups is 3. The van der Waals surface area contributed by atoms with E-state index >= 15 is 0 Å². The van der Waals surface area contributed by atoms with Crippen LogP contribution < -0.4 is 20.9 Å². The summed E-state index contributed by atoms with van der Waals surface area (Å²) >= 11 is 0. The molecule has 30 heavy (non-hydrogen) atoms. The summed E-state index contributed by atoms with van der Waals surface area (Å²) in [6, 6.07) is 15.7. The van der Waals surface area contributed by atoms with E-state index < -0.39 is 12.1 Å². The summed E-state index contributed by atoms with van der Waals surface area (Å²) in [5.41, 5.74) is 2.16. The lowest BCUT2D eigenvalue weighted by Gasteiger charge is -2.31. The number of fused-ring (bicyclic) bond motifs is 1. The maximum Gasteiger partial charge on any atom is 0.323 e. The van der Waals surface area contributed by atoms with Gasteiger partial charge in [0.2, 0.25) is 11.8 Å². The van der Waals surface area contributed by atoms with E-state index in [-0.39, 0.29) is 24.4 Å². The maximum atomic E-state index is 13.1. The minimum Gasteiger partial charge on any atom is -0.352 e. The van der Waals surface area contributed by atoms with Gasteiger partial charge < -0.3 is 16.0 Å². The number of benzene rings is 2. The zero-order valence-corrected chi connectivity index (χ0v) is 16.8. The van der Waals surface area contributed by atoms with Gasteiger partial charge in [-0.2, -0.15) is 0 Å². The van der Waals surface area contributed by atoms with E-state index in [4.69, 9.17) is 0 Å². The van der Waals surface area contributed by atoms with Crippen molar-refractivity contribution in [1.29, 1.82) is 0 Å². The Balaban J connectivity index is 1.52. The molecule has 4 amide bonds. The zero-order chi connectivity index (χ0) is 20.9. The number of rotatable bonds is 5. The molecule has 1 heterocycles. The van der Waals surface area contributed by atoms with E-state index in [0.29, 0.717) is 17.8 Å². The molecule has 156 valence electrons. The Kier molecular flexibility index (Phi) is 5.97. The summed E-state index contributed by atoms with van der Waals surface area (Å²) in [7, 11) is 0. The second-order valence-corrected chi connectivity index (χ2v) is 7.83. The fourth-order valence-corrected chi connectivity index (χ4v) is 4.07. The van der Waals surface area contributed by atoms with E-state index in [2.05, 4.69) is 16.0 Å². The number of amides is 4. The quantitative estimate of drug-likeness (QED) is 0.713. The van der Waals surface area contributed by atoms with Gasteiger partial charge in [0, 0.05) is 12.5 Å². The molecule has 0 unspecified atom stereocenters. The van der Waals surface area contributed by atoms with Crippen molar-refractivity contribution in [2.24, 2.45) is 0 Å². The van der Waals surface area contributed by atoms with E-state index in [0.717, 1.165) is 31.2 Å². The van der Waals surface area contributed by atoms with Crippen molar-refractivity contribution in [2.45, 2.75) is 44.2 Å². The lowest BCUT2D eigenvalue weighted by molar-refractivity contribution is -0.123. The van der Waals surface area contributed by atoms with E-state index in [1.807, 2.05) is 36.4 Å². The Morgan fingerprint density at radius 3 is 2.50 bits per heavy atom. The van der Waals surface area contributed by atoms with Gasteiger partial charge in [0.1, 0.15) is 12.6 Å². The second kappa shape index (κ2) is 8.98. The molecule has 1 atom stereocenters. The number of nitrogens with one attached hydrogen (secondary N) is 3. The van der Waals surface area contributed by atoms with E-state index in [9.17, 15) is 14.4 Å². The highest BCUT2D eigenvalue weighted by atomic mass is 16.2. The molecule has 7 heteroatoms. The van der Waals surface area contributed by atoms with Crippen molar-refractivity contribution in [3.8, 4) is 0 Å². The average Bonchev–Trinajstić information content (AvgIpc) is 3.26. The molecular weight excluding hydrogens is 380 g/mol. The predicted molar refractivity (Wildman–Crippen MR) is 115 cm³/mol. The molecule has 3 N–H and O–H groups in total. The molecule has 0 bridgehead atoms. The summed E-state index contributed by atoms with van der Waals surface area (Å²) in [6.07, 6.45) is 4.54. The summed E-state index contributed by atoms with van der Waals surface area (Å²) in [4.78, 5) is 39.6. The van der Waals surface area contributed by atoms with Crippen LogP contribution in [0.5, 0.6) is 0 Å². The van der Waals surface area contributed by atoms with Gasteiger partial charge in [-0.1, -0.05) is 55.3 Å². The molecule has 0 saturated heterocycles. The van der Waals surface area contributed by atoms with E-state index in [1.54, 1.807) is 18.2 Å². The van der Waals surface area contributed by atoms with Gasteiger partial charge in [0.05, 0.1) is 11.4 Å². The maximum absolute atomic E-state index is 13.1.